The van der Waals surface area contributed by atoms with Crippen molar-refractivity contribution < 1.29 is 0 Å². The highest BCUT2D eigenvalue weighted by Crippen LogP contribution is 2.13. The van der Waals surface area contributed by atoms with E-state index in [1.54, 1.807) is 0 Å². The van der Waals surface area contributed by atoms with Crippen LogP contribution < -0.4 is 5.73 Å². The second-order valence-corrected chi connectivity index (χ2v) is 2.56. The van der Waals surface area contributed by atoms with Crippen molar-refractivity contribution in [2.75, 3.05) is 6.54 Å². The molecule has 2 N–H and O–H groups in total. The molecule has 0 aromatic heterocycles. The second-order valence-electron chi connectivity index (χ2n) is 2.56. The van der Waals surface area contributed by atoms with Crippen molar-refractivity contribution in [2.45, 2.75) is 20.3 Å². The van der Waals surface area contributed by atoms with Crippen LogP contribution >= 0.6 is 0 Å². The van der Waals surface area contributed by atoms with Crippen LogP contribution in [0.5, 0.6) is 0 Å². The van der Waals surface area contributed by atoms with Gasteiger partial charge >= 0.3 is 0 Å². The van der Waals surface area contributed by atoms with Gasteiger partial charge in [-0.25, -0.2) is 0 Å². The molecule has 1 heteroatoms. The molecular weight excluding hydrogens is 122 g/mol. The van der Waals surface area contributed by atoms with Crippen LogP contribution in [0.25, 0.3) is 0 Å². The predicted octanol–water partition coefficient (Wildman–Crippen LogP) is 2.10. The van der Waals surface area contributed by atoms with Crippen LogP contribution in [-0.2, 0) is 0 Å². The van der Waals surface area contributed by atoms with Crippen LogP contribution in [0.2, 0.25) is 0 Å². The molecule has 0 aliphatic heterocycles. The Labute approximate surface area is 63.6 Å². The number of nitrogens with two attached hydrogens (primary N) is 1. The fourth-order valence-corrected chi connectivity index (χ4v) is 0.919. The van der Waals surface area contributed by atoms with E-state index in [2.05, 4.69) is 18.7 Å². The first-order chi connectivity index (χ1) is 4.72. The van der Waals surface area contributed by atoms with Crippen LogP contribution in [0, 0.1) is 5.92 Å². The molecule has 0 heterocycles. The zero-order chi connectivity index (χ0) is 7.98. The smallest absolute Gasteiger partial charge is 0.00169 e. The molecule has 0 saturated heterocycles. The monoisotopic (exact) mass is 139 g/mol. The quantitative estimate of drug-likeness (QED) is 0.593. The van der Waals surface area contributed by atoms with Gasteiger partial charge in [0, 0.05) is 0 Å². The molecule has 0 aromatic rings. The highest BCUT2D eigenvalue weighted by molar-refractivity contribution is 5.06. The normalized spacial score (nSPS) is 13.9. The third-order valence-corrected chi connectivity index (χ3v) is 1.54. The average Bonchev–Trinajstić information content (AvgIpc) is 1.87. The van der Waals surface area contributed by atoms with E-state index in [0.717, 1.165) is 13.0 Å². The van der Waals surface area contributed by atoms with Gasteiger partial charge < -0.3 is 5.73 Å². The van der Waals surface area contributed by atoms with Gasteiger partial charge in [-0.3, -0.25) is 0 Å². The van der Waals surface area contributed by atoms with E-state index in [1.807, 2.05) is 13.8 Å². The zero-order valence-corrected chi connectivity index (χ0v) is 6.93. The van der Waals surface area contributed by atoms with Crippen molar-refractivity contribution in [1.29, 1.82) is 0 Å². The molecule has 0 fully saturated rings. The number of rotatable bonds is 4. The summed E-state index contributed by atoms with van der Waals surface area (Å²) >= 11 is 0. The molecule has 0 radical (unpaired) electrons. The summed E-state index contributed by atoms with van der Waals surface area (Å²) < 4.78 is 0. The van der Waals surface area contributed by atoms with Crippen LogP contribution in [0.4, 0.5) is 0 Å². The molecule has 1 atom stereocenters. The second kappa shape index (κ2) is 5.24. The molecule has 10 heavy (non-hydrogen) atoms. The minimum absolute atomic E-state index is 0.481. The molecule has 0 aliphatic rings. The van der Waals surface area contributed by atoms with Crippen molar-refractivity contribution in [2.24, 2.45) is 11.7 Å². The van der Waals surface area contributed by atoms with Gasteiger partial charge in [-0.2, -0.15) is 0 Å². The topological polar surface area (TPSA) is 26.0 Å². The van der Waals surface area contributed by atoms with E-state index < -0.39 is 0 Å². The number of hydrogen-bond acceptors (Lipinski definition) is 1. The van der Waals surface area contributed by atoms with E-state index in [1.165, 1.54) is 5.57 Å². The maximum Gasteiger partial charge on any atom is -0.00169 e. The summed E-state index contributed by atoms with van der Waals surface area (Å²) in [5.74, 6) is 0.481. The number of hydrogen-bond donors (Lipinski definition) is 1. The van der Waals surface area contributed by atoms with E-state index in [9.17, 15) is 0 Å². The Kier molecular flexibility index (Phi) is 4.95. The van der Waals surface area contributed by atoms with Crippen molar-refractivity contribution >= 4 is 0 Å². The van der Waals surface area contributed by atoms with Crippen molar-refractivity contribution in [3.8, 4) is 0 Å². The lowest BCUT2D eigenvalue weighted by Crippen LogP contribution is -2.07. The summed E-state index contributed by atoms with van der Waals surface area (Å²) in [6.07, 6.45) is 5.21. The standard InChI is InChI=1S/C9H17N/c1-4-5-9(6-7-10)8(2)3/h4-5,9H,2,6-7,10H2,1,3H3/b5-4+/t9-/m0/s1. The van der Waals surface area contributed by atoms with Crippen LogP contribution in [0.3, 0.4) is 0 Å². The zero-order valence-electron chi connectivity index (χ0n) is 6.93. The Morgan fingerprint density at radius 1 is 1.70 bits per heavy atom. The fraction of sp³-hybridized carbons (Fsp3) is 0.556. The van der Waals surface area contributed by atoms with Crippen molar-refractivity contribution in [3.05, 3.63) is 24.3 Å². The Morgan fingerprint density at radius 2 is 2.30 bits per heavy atom. The highest BCUT2D eigenvalue weighted by atomic mass is 14.5. The minimum Gasteiger partial charge on any atom is -0.330 e. The summed E-state index contributed by atoms with van der Waals surface area (Å²) in [5, 5.41) is 0. The molecule has 58 valence electrons. The fourth-order valence-electron chi connectivity index (χ4n) is 0.919. The lowest BCUT2D eigenvalue weighted by Gasteiger charge is -2.09. The van der Waals surface area contributed by atoms with Crippen LogP contribution in [0.15, 0.2) is 24.3 Å². The molecule has 0 bridgehead atoms. The maximum atomic E-state index is 5.42. The van der Waals surface area contributed by atoms with Crippen molar-refractivity contribution in [1.82, 2.24) is 0 Å². The molecule has 0 amide bonds. The van der Waals surface area contributed by atoms with Crippen LogP contribution in [0.1, 0.15) is 20.3 Å². The summed E-state index contributed by atoms with van der Waals surface area (Å²) in [6.45, 7) is 8.69. The summed E-state index contributed by atoms with van der Waals surface area (Å²) in [5.41, 5.74) is 6.62. The van der Waals surface area contributed by atoms with E-state index in [4.69, 9.17) is 5.73 Å². The van der Waals surface area contributed by atoms with E-state index in [0.29, 0.717) is 5.92 Å². The molecule has 0 aliphatic carbocycles. The molecule has 0 aromatic carbocycles. The van der Waals surface area contributed by atoms with E-state index >= 15 is 0 Å². The first kappa shape index (κ1) is 9.44. The third kappa shape index (κ3) is 3.46. The minimum atomic E-state index is 0.481. The van der Waals surface area contributed by atoms with Gasteiger partial charge in [0.2, 0.25) is 0 Å². The van der Waals surface area contributed by atoms with E-state index in [-0.39, 0.29) is 0 Å². The molecule has 0 rings (SSSR count). The molecule has 0 unspecified atom stereocenters. The SMILES string of the molecule is C=C(C)[C@@H](/C=C/C)CCN. The van der Waals surface area contributed by atoms with Gasteiger partial charge in [0.05, 0.1) is 0 Å². The predicted molar refractivity (Wildman–Crippen MR) is 46.8 cm³/mol. The lowest BCUT2D eigenvalue weighted by atomic mass is 9.98. The summed E-state index contributed by atoms with van der Waals surface area (Å²) in [6, 6.07) is 0. The Bertz CT molecular complexity index is 125. The van der Waals surface area contributed by atoms with Gasteiger partial charge in [-0.15, -0.1) is 0 Å². The largest absolute Gasteiger partial charge is 0.330 e. The number of allylic oxidation sites excluding steroid dienone is 3. The average molecular weight is 139 g/mol. The molecule has 1 nitrogen and oxygen atoms in total. The van der Waals surface area contributed by atoms with Gasteiger partial charge in [-0.1, -0.05) is 24.3 Å². The lowest BCUT2D eigenvalue weighted by molar-refractivity contribution is 0.685. The van der Waals surface area contributed by atoms with Crippen molar-refractivity contribution in [3.63, 3.8) is 0 Å². The first-order valence-corrected chi connectivity index (χ1v) is 3.70. The van der Waals surface area contributed by atoms with Crippen LogP contribution in [-0.4, -0.2) is 6.54 Å². The van der Waals surface area contributed by atoms with Gasteiger partial charge in [0.25, 0.3) is 0 Å². The van der Waals surface area contributed by atoms with Gasteiger partial charge in [-0.05, 0) is 32.7 Å². The summed E-state index contributed by atoms with van der Waals surface area (Å²) in [7, 11) is 0. The van der Waals surface area contributed by atoms with Gasteiger partial charge in [0.15, 0.2) is 0 Å². The Morgan fingerprint density at radius 3 is 2.60 bits per heavy atom. The molecule has 0 spiro atoms. The molecular formula is C9H17N. The third-order valence-electron chi connectivity index (χ3n) is 1.54. The first-order valence-electron chi connectivity index (χ1n) is 3.70. The highest BCUT2D eigenvalue weighted by Gasteiger charge is 2.01. The molecule has 0 saturated carbocycles. The Hall–Kier alpha value is -0.560. The van der Waals surface area contributed by atoms with Gasteiger partial charge in [0.1, 0.15) is 0 Å². The Balaban J connectivity index is 3.85. The summed E-state index contributed by atoms with van der Waals surface area (Å²) in [4.78, 5) is 0. The maximum absolute atomic E-state index is 5.42.